The van der Waals surface area contributed by atoms with Crippen molar-refractivity contribution in [1.29, 1.82) is 0 Å². The van der Waals surface area contributed by atoms with Gasteiger partial charge in [-0.2, -0.15) is 5.06 Å². The van der Waals surface area contributed by atoms with E-state index in [-0.39, 0.29) is 6.61 Å². The first-order valence-electron chi connectivity index (χ1n) is 13.4. The highest BCUT2D eigenvalue weighted by atomic mass is 32.1. The minimum absolute atomic E-state index is 0.136. The molecule has 0 fully saturated rings. The maximum absolute atomic E-state index is 12.3. The van der Waals surface area contributed by atoms with Gasteiger partial charge >= 0.3 is 0 Å². The Kier molecular flexibility index (Phi) is 6.98. The minimum atomic E-state index is -0.473. The number of anilines is 1. The number of thiophene rings is 1. The Morgan fingerprint density at radius 3 is 2.63 bits per heavy atom. The normalized spacial score (nSPS) is 13.8. The summed E-state index contributed by atoms with van der Waals surface area (Å²) in [5.41, 5.74) is 11.4. The number of rotatable bonds is 7. The van der Waals surface area contributed by atoms with Gasteiger partial charge in [0.15, 0.2) is 0 Å². The quantitative estimate of drug-likeness (QED) is 0.153. The van der Waals surface area contributed by atoms with Crippen LogP contribution >= 0.6 is 11.3 Å². The standard InChI is InChI=1S/C33H31NO3S/c1-2-18-37-21-33(35)34(36)26-8-5-7-24(20-26)31-16-17-32(38-31)25-12-13-28-23(19-25)11-15-29-27-9-4-3-6-22(27)10-14-30(28)29/h3-9,11,15-17,19-20,36H,2,10,12-14,18,21H2,1H3. The molecule has 2 aliphatic carbocycles. The SMILES string of the molecule is CCCOCC(=O)N(O)c1cccc(-c2ccc(C3=Cc4ccc5c(c4CC3)CCc3ccccc3-5)s2)c1. The van der Waals surface area contributed by atoms with Crippen LogP contribution in [0.1, 0.15) is 46.9 Å². The van der Waals surface area contributed by atoms with Gasteiger partial charge in [0, 0.05) is 16.4 Å². The molecule has 0 unspecified atom stereocenters. The highest BCUT2D eigenvalue weighted by Gasteiger charge is 2.23. The molecule has 1 amide bonds. The molecule has 4 nitrogen and oxygen atoms in total. The van der Waals surface area contributed by atoms with Gasteiger partial charge in [0.05, 0.1) is 5.69 Å². The molecular formula is C33H31NO3S. The van der Waals surface area contributed by atoms with Crippen LogP contribution in [-0.2, 0) is 28.8 Å². The van der Waals surface area contributed by atoms with E-state index in [1.807, 2.05) is 25.1 Å². The Labute approximate surface area is 227 Å². The summed E-state index contributed by atoms with van der Waals surface area (Å²) in [6, 6.07) is 25.2. The second-order valence-electron chi connectivity index (χ2n) is 9.96. The average molecular weight is 522 g/mol. The lowest BCUT2D eigenvalue weighted by Crippen LogP contribution is -2.30. The van der Waals surface area contributed by atoms with Gasteiger partial charge in [0.25, 0.3) is 5.91 Å². The lowest BCUT2D eigenvalue weighted by molar-refractivity contribution is -0.128. The summed E-state index contributed by atoms with van der Waals surface area (Å²) in [4.78, 5) is 14.7. The number of benzene rings is 3. The molecule has 0 saturated heterocycles. The Bertz CT molecular complexity index is 1530. The van der Waals surface area contributed by atoms with Gasteiger partial charge in [-0.25, -0.2) is 0 Å². The van der Waals surface area contributed by atoms with Crippen molar-refractivity contribution in [1.82, 2.24) is 0 Å². The van der Waals surface area contributed by atoms with Crippen molar-refractivity contribution >= 4 is 34.6 Å². The number of nitrogens with zero attached hydrogens (tertiary/aromatic N) is 1. The highest BCUT2D eigenvalue weighted by Crippen LogP contribution is 2.42. The van der Waals surface area contributed by atoms with Crippen molar-refractivity contribution in [3.05, 3.63) is 99.9 Å². The molecule has 192 valence electrons. The molecular weight excluding hydrogens is 490 g/mol. The Balaban J connectivity index is 1.24. The van der Waals surface area contributed by atoms with E-state index in [0.29, 0.717) is 17.4 Å². The summed E-state index contributed by atoms with van der Waals surface area (Å²) in [6.45, 7) is 2.34. The maximum atomic E-state index is 12.3. The molecule has 6 rings (SSSR count). The Hall–Kier alpha value is -3.51. The van der Waals surface area contributed by atoms with Crippen molar-refractivity contribution < 1.29 is 14.7 Å². The molecule has 1 heterocycles. The van der Waals surface area contributed by atoms with Crippen LogP contribution < -0.4 is 5.06 Å². The number of allylic oxidation sites excluding steroid dienone is 1. The van der Waals surface area contributed by atoms with Gasteiger partial charge in [-0.15, -0.1) is 11.3 Å². The second kappa shape index (κ2) is 10.7. The van der Waals surface area contributed by atoms with Crippen LogP contribution in [0.4, 0.5) is 5.69 Å². The second-order valence-corrected chi connectivity index (χ2v) is 11.0. The molecule has 0 radical (unpaired) electrons. The molecule has 0 atom stereocenters. The minimum Gasteiger partial charge on any atom is -0.372 e. The van der Waals surface area contributed by atoms with Gasteiger partial charge in [-0.1, -0.05) is 61.5 Å². The number of carbonyl (C=O) groups is 1. The van der Waals surface area contributed by atoms with Gasteiger partial charge in [0.1, 0.15) is 6.61 Å². The van der Waals surface area contributed by atoms with Crippen LogP contribution in [0, 0.1) is 0 Å². The van der Waals surface area contributed by atoms with E-state index >= 15 is 0 Å². The molecule has 38 heavy (non-hydrogen) atoms. The molecule has 5 heteroatoms. The molecule has 0 aliphatic heterocycles. The third kappa shape index (κ3) is 4.73. The average Bonchev–Trinajstić information content (AvgIpc) is 3.47. The molecule has 0 saturated carbocycles. The fourth-order valence-corrected chi connectivity index (χ4v) is 6.67. The lowest BCUT2D eigenvalue weighted by Gasteiger charge is -2.26. The van der Waals surface area contributed by atoms with E-state index in [9.17, 15) is 10.0 Å². The third-order valence-electron chi connectivity index (χ3n) is 7.50. The number of hydroxylamine groups is 1. The number of carbonyl (C=O) groups excluding carboxylic acids is 1. The first kappa shape index (κ1) is 24.8. The zero-order valence-corrected chi connectivity index (χ0v) is 22.4. The predicted molar refractivity (Wildman–Crippen MR) is 156 cm³/mol. The van der Waals surface area contributed by atoms with E-state index < -0.39 is 5.91 Å². The van der Waals surface area contributed by atoms with E-state index in [2.05, 4.69) is 54.6 Å². The molecule has 4 aromatic rings. The van der Waals surface area contributed by atoms with Crippen molar-refractivity contribution in [3.63, 3.8) is 0 Å². The van der Waals surface area contributed by atoms with Crippen LogP contribution in [-0.4, -0.2) is 24.3 Å². The molecule has 2 aliphatic rings. The topological polar surface area (TPSA) is 49.8 Å². The first-order valence-corrected chi connectivity index (χ1v) is 14.2. The Morgan fingerprint density at radius 2 is 1.74 bits per heavy atom. The van der Waals surface area contributed by atoms with Gasteiger partial charge in [0.2, 0.25) is 0 Å². The van der Waals surface area contributed by atoms with Crippen LogP contribution in [0.5, 0.6) is 0 Å². The van der Waals surface area contributed by atoms with Crippen molar-refractivity contribution in [2.24, 2.45) is 0 Å². The summed E-state index contributed by atoms with van der Waals surface area (Å²) in [7, 11) is 0. The monoisotopic (exact) mass is 521 g/mol. The number of hydrogen-bond acceptors (Lipinski definition) is 4. The largest absolute Gasteiger partial charge is 0.372 e. The van der Waals surface area contributed by atoms with Crippen LogP contribution in [0.3, 0.4) is 0 Å². The van der Waals surface area contributed by atoms with Crippen molar-refractivity contribution in [2.45, 2.75) is 39.0 Å². The van der Waals surface area contributed by atoms with E-state index in [1.54, 1.807) is 17.4 Å². The summed E-state index contributed by atoms with van der Waals surface area (Å²) in [6.07, 6.45) is 7.53. The van der Waals surface area contributed by atoms with E-state index in [4.69, 9.17) is 4.74 Å². The van der Waals surface area contributed by atoms with Crippen LogP contribution in [0.25, 0.3) is 33.2 Å². The fraction of sp³-hybridized carbons (Fsp3) is 0.242. The third-order valence-corrected chi connectivity index (χ3v) is 8.71. The van der Waals surface area contributed by atoms with Crippen LogP contribution in [0.2, 0.25) is 0 Å². The summed E-state index contributed by atoms with van der Waals surface area (Å²) < 4.78 is 5.29. The van der Waals surface area contributed by atoms with E-state index in [1.165, 1.54) is 43.8 Å². The lowest BCUT2D eigenvalue weighted by atomic mass is 9.78. The number of fused-ring (bicyclic) bond motifs is 5. The summed E-state index contributed by atoms with van der Waals surface area (Å²) in [5.74, 6) is -0.473. The van der Waals surface area contributed by atoms with Gasteiger partial charge in [-0.3, -0.25) is 10.0 Å². The molecule has 1 aromatic heterocycles. The number of amides is 1. The predicted octanol–water partition coefficient (Wildman–Crippen LogP) is 7.82. The number of aryl methyl sites for hydroxylation is 1. The Morgan fingerprint density at radius 1 is 0.895 bits per heavy atom. The maximum Gasteiger partial charge on any atom is 0.276 e. The number of ether oxygens (including phenoxy) is 1. The molecule has 3 aromatic carbocycles. The zero-order chi connectivity index (χ0) is 26.1. The fourth-order valence-electron chi connectivity index (χ4n) is 5.62. The van der Waals surface area contributed by atoms with Crippen molar-refractivity contribution in [3.8, 4) is 21.6 Å². The molecule has 0 spiro atoms. The highest BCUT2D eigenvalue weighted by molar-refractivity contribution is 7.16. The van der Waals surface area contributed by atoms with Gasteiger partial charge < -0.3 is 4.74 Å². The smallest absolute Gasteiger partial charge is 0.276 e. The first-order chi connectivity index (χ1) is 18.6. The van der Waals surface area contributed by atoms with Crippen molar-refractivity contribution in [2.75, 3.05) is 18.3 Å². The van der Waals surface area contributed by atoms with Crippen LogP contribution in [0.15, 0.2) is 72.8 Å². The van der Waals surface area contributed by atoms with E-state index in [0.717, 1.165) is 42.5 Å². The number of hydrogen-bond donors (Lipinski definition) is 1. The summed E-state index contributed by atoms with van der Waals surface area (Å²) >= 11 is 1.75. The summed E-state index contributed by atoms with van der Waals surface area (Å²) in [5, 5.41) is 11.1. The van der Waals surface area contributed by atoms with Gasteiger partial charge in [-0.05, 0) is 101 Å². The molecule has 1 N–H and O–H groups in total. The zero-order valence-electron chi connectivity index (χ0n) is 21.6. The molecule has 0 bridgehead atoms.